The van der Waals surface area contributed by atoms with Crippen LogP contribution in [0.1, 0.15) is 26.4 Å². The quantitative estimate of drug-likeness (QED) is 0.512. The molecule has 0 N–H and O–H groups in total. The van der Waals surface area contributed by atoms with Gasteiger partial charge in [-0.05, 0) is 42.2 Å². The van der Waals surface area contributed by atoms with Gasteiger partial charge in [0.2, 0.25) is 0 Å². The number of carbonyl (C=O) groups excluding carboxylic acids is 1. The van der Waals surface area contributed by atoms with Crippen molar-refractivity contribution in [3.8, 4) is 0 Å². The molecule has 4 aromatic rings. The van der Waals surface area contributed by atoms with Gasteiger partial charge in [-0.15, -0.1) is 11.3 Å². The molecule has 1 aromatic carbocycles. The first-order chi connectivity index (χ1) is 13.1. The van der Waals surface area contributed by atoms with Gasteiger partial charge >= 0.3 is 0 Å². The first-order valence-electron chi connectivity index (χ1n) is 8.89. The predicted octanol–water partition coefficient (Wildman–Crippen LogP) is 3.42. The summed E-state index contributed by atoms with van der Waals surface area (Å²) < 4.78 is 1.55. The summed E-state index contributed by atoms with van der Waals surface area (Å²) >= 11 is 1.30. The summed E-state index contributed by atoms with van der Waals surface area (Å²) in [7, 11) is 0. The van der Waals surface area contributed by atoms with Crippen LogP contribution in [0.2, 0.25) is 0 Å². The fourth-order valence-electron chi connectivity index (χ4n) is 3.69. The highest BCUT2D eigenvalue weighted by Crippen LogP contribution is 2.26. The van der Waals surface area contributed by atoms with E-state index in [0.29, 0.717) is 33.8 Å². The SMILES string of the molecule is Cc1cccn2c(=O)c3cc(C(=O)N4CCc5ccccc5C4)sc3nc12. The van der Waals surface area contributed by atoms with Gasteiger partial charge in [-0.2, -0.15) is 0 Å². The van der Waals surface area contributed by atoms with Crippen LogP contribution in [-0.2, 0) is 13.0 Å². The molecule has 0 fully saturated rings. The topological polar surface area (TPSA) is 54.7 Å². The van der Waals surface area contributed by atoms with Crippen molar-refractivity contribution in [1.29, 1.82) is 0 Å². The maximum Gasteiger partial charge on any atom is 0.266 e. The van der Waals surface area contributed by atoms with Crippen molar-refractivity contribution in [2.24, 2.45) is 0 Å². The molecule has 5 nitrogen and oxygen atoms in total. The molecule has 1 aliphatic heterocycles. The lowest BCUT2D eigenvalue weighted by Gasteiger charge is -2.28. The summed E-state index contributed by atoms with van der Waals surface area (Å²) in [5.41, 5.74) is 3.95. The van der Waals surface area contributed by atoms with Crippen molar-refractivity contribution in [2.75, 3.05) is 6.54 Å². The summed E-state index contributed by atoms with van der Waals surface area (Å²) in [6.07, 6.45) is 2.58. The highest BCUT2D eigenvalue weighted by Gasteiger charge is 2.24. The van der Waals surface area contributed by atoms with Gasteiger partial charge in [-0.1, -0.05) is 30.3 Å². The number of hydrogen-bond donors (Lipinski definition) is 0. The molecule has 27 heavy (non-hydrogen) atoms. The molecule has 5 rings (SSSR count). The third-order valence-corrected chi connectivity index (χ3v) is 6.18. The van der Waals surface area contributed by atoms with Crippen LogP contribution in [0.5, 0.6) is 0 Å². The first-order valence-corrected chi connectivity index (χ1v) is 9.71. The van der Waals surface area contributed by atoms with Crippen LogP contribution in [0.25, 0.3) is 15.9 Å². The Morgan fingerprint density at radius 1 is 1.15 bits per heavy atom. The van der Waals surface area contributed by atoms with Gasteiger partial charge in [0, 0.05) is 19.3 Å². The van der Waals surface area contributed by atoms with Gasteiger partial charge in [0.05, 0.1) is 10.3 Å². The van der Waals surface area contributed by atoms with Crippen LogP contribution in [0.4, 0.5) is 0 Å². The lowest BCUT2D eigenvalue weighted by atomic mass is 10.00. The Bertz CT molecular complexity index is 1270. The van der Waals surface area contributed by atoms with Gasteiger partial charge in [0.25, 0.3) is 11.5 Å². The third-order valence-electron chi connectivity index (χ3n) is 5.16. The molecule has 0 aliphatic carbocycles. The van der Waals surface area contributed by atoms with E-state index in [1.165, 1.54) is 22.5 Å². The van der Waals surface area contributed by atoms with Crippen LogP contribution < -0.4 is 5.56 Å². The number of thiophene rings is 1. The highest BCUT2D eigenvalue weighted by atomic mass is 32.1. The highest BCUT2D eigenvalue weighted by molar-refractivity contribution is 7.20. The monoisotopic (exact) mass is 375 g/mol. The Balaban J connectivity index is 1.57. The van der Waals surface area contributed by atoms with E-state index >= 15 is 0 Å². The number of carbonyl (C=O) groups is 1. The van der Waals surface area contributed by atoms with Gasteiger partial charge in [0.15, 0.2) is 0 Å². The van der Waals surface area contributed by atoms with Crippen LogP contribution in [0, 0.1) is 6.92 Å². The van der Waals surface area contributed by atoms with E-state index in [4.69, 9.17) is 0 Å². The normalized spacial score (nSPS) is 13.9. The molecule has 4 heterocycles. The predicted molar refractivity (Wildman–Crippen MR) is 106 cm³/mol. The van der Waals surface area contributed by atoms with Crippen molar-refractivity contribution in [3.63, 3.8) is 0 Å². The van der Waals surface area contributed by atoms with Gasteiger partial charge < -0.3 is 4.90 Å². The van der Waals surface area contributed by atoms with Crippen molar-refractivity contribution in [1.82, 2.24) is 14.3 Å². The molecule has 134 valence electrons. The second-order valence-electron chi connectivity index (χ2n) is 6.88. The minimum Gasteiger partial charge on any atom is -0.333 e. The molecule has 0 saturated heterocycles. The fraction of sp³-hybridized carbons (Fsp3) is 0.190. The number of hydrogen-bond acceptors (Lipinski definition) is 4. The minimum atomic E-state index is -0.127. The van der Waals surface area contributed by atoms with Crippen molar-refractivity contribution in [2.45, 2.75) is 19.9 Å². The maximum atomic E-state index is 13.1. The zero-order valence-corrected chi connectivity index (χ0v) is 15.6. The molecule has 0 spiro atoms. The van der Waals surface area contributed by atoms with Crippen LogP contribution >= 0.6 is 11.3 Å². The number of amides is 1. The minimum absolute atomic E-state index is 0.0299. The van der Waals surface area contributed by atoms with Crippen molar-refractivity contribution < 1.29 is 4.79 Å². The van der Waals surface area contributed by atoms with E-state index in [0.717, 1.165) is 12.0 Å². The van der Waals surface area contributed by atoms with Crippen LogP contribution in [0.3, 0.4) is 0 Å². The molecule has 0 bridgehead atoms. The maximum absolute atomic E-state index is 13.1. The smallest absolute Gasteiger partial charge is 0.266 e. The third kappa shape index (κ3) is 2.56. The Morgan fingerprint density at radius 3 is 2.81 bits per heavy atom. The molecule has 6 heteroatoms. The number of aryl methyl sites for hydroxylation is 1. The summed E-state index contributed by atoms with van der Waals surface area (Å²) in [6, 6.07) is 13.7. The molecule has 1 amide bonds. The Labute approximate surface area is 159 Å². The first kappa shape index (κ1) is 16.2. The lowest BCUT2D eigenvalue weighted by Crippen LogP contribution is -2.35. The summed E-state index contributed by atoms with van der Waals surface area (Å²) in [5.74, 6) is -0.0299. The number of aromatic nitrogens is 2. The van der Waals surface area contributed by atoms with E-state index in [1.54, 1.807) is 16.7 Å². The number of benzene rings is 1. The summed E-state index contributed by atoms with van der Waals surface area (Å²) in [6.45, 7) is 3.23. The second kappa shape index (κ2) is 6.03. The van der Waals surface area contributed by atoms with E-state index in [9.17, 15) is 9.59 Å². The second-order valence-corrected chi connectivity index (χ2v) is 7.91. The fourth-order valence-corrected chi connectivity index (χ4v) is 4.68. The Kier molecular flexibility index (Phi) is 3.62. The standard InChI is InChI=1S/C21H17N3O2S/c1-13-5-4-9-24-18(13)22-19-16(20(24)25)11-17(27-19)21(26)23-10-8-14-6-2-3-7-15(14)12-23/h2-7,9,11H,8,10,12H2,1H3. The van der Waals surface area contributed by atoms with E-state index in [1.807, 2.05) is 36.1 Å². The van der Waals surface area contributed by atoms with Gasteiger partial charge in [0.1, 0.15) is 10.5 Å². The molecule has 0 unspecified atom stereocenters. The largest absolute Gasteiger partial charge is 0.333 e. The average Bonchev–Trinajstić information content (AvgIpc) is 3.13. The number of nitrogens with zero attached hydrogens (tertiary/aromatic N) is 3. The molecular formula is C21H17N3O2S. The van der Waals surface area contributed by atoms with E-state index in [-0.39, 0.29) is 11.5 Å². The summed E-state index contributed by atoms with van der Waals surface area (Å²) in [5, 5.41) is 0.504. The number of fused-ring (bicyclic) bond motifs is 3. The van der Waals surface area contributed by atoms with Crippen LogP contribution in [0.15, 0.2) is 53.5 Å². The van der Waals surface area contributed by atoms with E-state index < -0.39 is 0 Å². The number of pyridine rings is 1. The molecule has 0 atom stereocenters. The summed E-state index contributed by atoms with van der Waals surface area (Å²) in [4.78, 5) is 33.6. The molecule has 3 aromatic heterocycles. The Hall–Kier alpha value is -2.99. The average molecular weight is 375 g/mol. The molecular weight excluding hydrogens is 358 g/mol. The number of rotatable bonds is 1. The van der Waals surface area contributed by atoms with Crippen LogP contribution in [-0.4, -0.2) is 26.7 Å². The van der Waals surface area contributed by atoms with Gasteiger partial charge in [-0.3, -0.25) is 14.0 Å². The van der Waals surface area contributed by atoms with Crippen molar-refractivity contribution >= 4 is 33.1 Å². The molecule has 0 radical (unpaired) electrons. The zero-order valence-electron chi connectivity index (χ0n) is 14.8. The zero-order chi connectivity index (χ0) is 18.5. The molecule has 0 saturated carbocycles. The van der Waals surface area contributed by atoms with Gasteiger partial charge in [-0.25, -0.2) is 4.98 Å². The molecule has 1 aliphatic rings. The lowest BCUT2D eigenvalue weighted by molar-refractivity contribution is 0.0739. The van der Waals surface area contributed by atoms with E-state index in [2.05, 4.69) is 17.1 Å². The Morgan fingerprint density at radius 2 is 1.96 bits per heavy atom. The van der Waals surface area contributed by atoms with Crippen molar-refractivity contribution in [3.05, 3.63) is 80.6 Å².